The number of hydrogen-bond donors (Lipinski definition) is 2. The van der Waals surface area contributed by atoms with Gasteiger partial charge in [-0.3, -0.25) is 9.59 Å². The van der Waals surface area contributed by atoms with E-state index >= 15 is 0 Å². The number of ether oxygens (including phenoxy) is 1. The molecule has 0 aliphatic rings. The Morgan fingerprint density at radius 2 is 2.09 bits per heavy atom. The van der Waals surface area contributed by atoms with Crippen molar-refractivity contribution in [2.45, 2.75) is 6.42 Å². The first-order valence-corrected chi connectivity index (χ1v) is 6.66. The molecule has 0 aromatic carbocycles. The largest absolute Gasteiger partial charge is 0.477 e. The summed E-state index contributed by atoms with van der Waals surface area (Å²) in [6.07, 6.45) is 1.87. The molecule has 1 aromatic rings. The number of carbonyl (C=O) groups excluding carboxylic acids is 2. The Hall–Kier alpha value is -2.48. The maximum Gasteiger partial charge on any atom is 0.354 e. The summed E-state index contributed by atoms with van der Waals surface area (Å²) < 4.78 is 4.86. The molecular weight excluding hydrogens is 290 g/mol. The summed E-state index contributed by atoms with van der Waals surface area (Å²) in [6.45, 7) is 0.937. The molecule has 0 aliphatic carbocycles. The van der Waals surface area contributed by atoms with Crippen LogP contribution in [0.1, 0.15) is 27.3 Å². The number of methoxy groups -OCH3 is 1. The van der Waals surface area contributed by atoms with E-state index in [-0.39, 0.29) is 23.7 Å². The standard InChI is InChI=1S/C14H19N3O5/c1-17(9-12(18)15-6-3-7-22-2)13(19)10-4-5-11(14(20)21)16-8-10/h4-5,8H,3,6-7,9H2,1-2H3,(H,15,18)(H,20,21). The Bertz CT molecular complexity index is 530. The van der Waals surface area contributed by atoms with Gasteiger partial charge >= 0.3 is 5.97 Å². The van der Waals surface area contributed by atoms with Crippen molar-refractivity contribution in [1.82, 2.24) is 15.2 Å². The highest BCUT2D eigenvalue weighted by Crippen LogP contribution is 2.04. The number of nitrogens with zero attached hydrogens (tertiary/aromatic N) is 2. The Labute approximate surface area is 128 Å². The van der Waals surface area contributed by atoms with Gasteiger partial charge in [0.2, 0.25) is 5.91 Å². The SMILES string of the molecule is COCCCNC(=O)CN(C)C(=O)c1ccc(C(=O)O)nc1. The quantitative estimate of drug-likeness (QED) is 0.655. The smallest absolute Gasteiger partial charge is 0.354 e. The van der Waals surface area contributed by atoms with Crippen LogP contribution in [0.25, 0.3) is 0 Å². The molecule has 1 rings (SSSR count). The fraction of sp³-hybridized carbons (Fsp3) is 0.429. The van der Waals surface area contributed by atoms with E-state index in [9.17, 15) is 14.4 Å². The second kappa shape index (κ2) is 8.73. The summed E-state index contributed by atoms with van der Waals surface area (Å²) in [6, 6.07) is 2.61. The molecule has 0 aliphatic heterocycles. The molecule has 0 saturated heterocycles. The lowest BCUT2D eigenvalue weighted by atomic mass is 10.2. The van der Waals surface area contributed by atoms with Gasteiger partial charge in [0.15, 0.2) is 0 Å². The van der Waals surface area contributed by atoms with Crippen molar-refractivity contribution in [2.75, 3.05) is 33.9 Å². The number of rotatable bonds is 8. The number of aromatic carboxylic acids is 1. The van der Waals surface area contributed by atoms with Gasteiger partial charge in [0, 0.05) is 33.5 Å². The predicted octanol–water partition coefficient (Wildman–Crippen LogP) is 0.00450. The summed E-state index contributed by atoms with van der Waals surface area (Å²) in [4.78, 5) is 39.3. The lowest BCUT2D eigenvalue weighted by Gasteiger charge is -2.16. The van der Waals surface area contributed by atoms with Crippen LogP contribution in [-0.4, -0.2) is 66.6 Å². The van der Waals surface area contributed by atoms with Gasteiger partial charge in [-0.05, 0) is 18.6 Å². The number of aromatic nitrogens is 1. The molecule has 1 heterocycles. The van der Waals surface area contributed by atoms with Crippen LogP contribution in [0.15, 0.2) is 18.3 Å². The molecular formula is C14H19N3O5. The lowest BCUT2D eigenvalue weighted by Crippen LogP contribution is -2.38. The van der Waals surface area contributed by atoms with Gasteiger partial charge in [-0.2, -0.15) is 0 Å². The first kappa shape index (κ1) is 17.6. The zero-order valence-corrected chi connectivity index (χ0v) is 12.5. The van der Waals surface area contributed by atoms with Crippen molar-refractivity contribution in [3.8, 4) is 0 Å². The highest BCUT2D eigenvalue weighted by molar-refractivity contribution is 5.96. The third-order valence-electron chi connectivity index (χ3n) is 2.80. The Morgan fingerprint density at radius 1 is 1.36 bits per heavy atom. The molecule has 8 nitrogen and oxygen atoms in total. The number of amides is 2. The van der Waals surface area contributed by atoms with Gasteiger partial charge in [0.05, 0.1) is 12.1 Å². The Morgan fingerprint density at radius 3 is 2.64 bits per heavy atom. The van der Waals surface area contributed by atoms with Crippen molar-refractivity contribution in [3.63, 3.8) is 0 Å². The monoisotopic (exact) mass is 309 g/mol. The summed E-state index contributed by atoms with van der Waals surface area (Å²) in [7, 11) is 3.07. The zero-order chi connectivity index (χ0) is 16.5. The number of nitrogens with one attached hydrogen (secondary N) is 1. The van der Waals surface area contributed by atoms with Crippen LogP contribution in [0, 0.1) is 0 Å². The van der Waals surface area contributed by atoms with E-state index < -0.39 is 11.9 Å². The summed E-state index contributed by atoms with van der Waals surface area (Å²) in [5.74, 6) is -1.85. The highest BCUT2D eigenvalue weighted by Gasteiger charge is 2.16. The highest BCUT2D eigenvalue weighted by atomic mass is 16.5. The third kappa shape index (κ3) is 5.49. The van der Waals surface area contributed by atoms with Gasteiger partial charge < -0.3 is 20.1 Å². The van der Waals surface area contributed by atoms with Crippen molar-refractivity contribution in [3.05, 3.63) is 29.6 Å². The van der Waals surface area contributed by atoms with Gasteiger partial charge in [-0.25, -0.2) is 9.78 Å². The number of carbonyl (C=O) groups is 3. The molecule has 1 aromatic heterocycles. The van der Waals surface area contributed by atoms with E-state index in [2.05, 4.69) is 10.3 Å². The molecule has 8 heteroatoms. The molecule has 0 unspecified atom stereocenters. The van der Waals surface area contributed by atoms with Gasteiger partial charge in [-0.15, -0.1) is 0 Å². The predicted molar refractivity (Wildman–Crippen MR) is 77.7 cm³/mol. The van der Waals surface area contributed by atoms with Crippen LogP contribution >= 0.6 is 0 Å². The first-order chi connectivity index (χ1) is 10.5. The van der Waals surface area contributed by atoms with Gasteiger partial charge in [0.25, 0.3) is 5.91 Å². The average molecular weight is 309 g/mol. The van der Waals surface area contributed by atoms with Crippen LogP contribution in [-0.2, 0) is 9.53 Å². The fourth-order valence-corrected chi connectivity index (χ4v) is 1.65. The Kier molecular flexibility index (Phi) is 6.97. The molecule has 22 heavy (non-hydrogen) atoms. The number of hydrogen-bond acceptors (Lipinski definition) is 5. The lowest BCUT2D eigenvalue weighted by molar-refractivity contribution is -0.121. The van der Waals surface area contributed by atoms with Gasteiger partial charge in [-0.1, -0.05) is 0 Å². The molecule has 2 N–H and O–H groups in total. The average Bonchev–Trinajstić information content (AvgIpc) is 2.50. The molecule has 0 spiro atoms. The minimum Gasteiger partial charge on any atom is -0.477 e. The van der Waals surface area contributed by atoms with Crippen LogP contribution < -0.4 is 5.32 Å². The van der Waals surface area contributed by atoms with Crippen molar-refractivity contribution in [2.24, 2.45) is 0 Å². The van der Waals surface area contributed by atoms with Gasteiger partial charge in [0.1, 0.15) is 5.69 Å². The van der Waals surface area contributed by atoms with E-state index in [1.165, 1.54) is 30.3 Å². The van der Waals surface area contributed by atoms with E-state index in [0.717, 1.165) is 0 Å². The second-order valence-corrected chi connectivity index (χ2v) is 4.59. The maximum atomic E-state index is 12.1. The summed E-state index contributed by atoms with van der Waals surface area (Å²) >= 11 is 0. The topological polar surface area (TPSA) is 109 Å². The van der Waals surface area contributed by atoms with Crippen LogP contribution in [0.5, 0.6) is 0 Å². The van der Waals surface area contributed by atoms with E-state index in [0.29, 0.717) is 19.6 Å². The van der Waals surface area contributed by atoms with Crippen LogP contribution in [0.2, 0.25) is 0 Å². The van der Waals surface area contributed by atoms with Crippen LogP contribution in [0.3, 0.4) is 0 Å². The minimum absolute atomic E-state index is 0.0908. The molecule has 0 saturated carbocycles. The molecule has 0 atom stereocenters. The van der Waals surface area contributed by atoms with Crippen molar-refractivity contribution in [1.29, 1.82) is 0 Å². The first-order valence-electron chi connectivity index (χ1n) is 6.66. The minimum atomic E-state index is -1.16. The molecule has 120 valence electrons. The fourth-order valence-electron chi connectivity index (χ4n) is 1.65. The van der Waals surface area contributed by atoms with Crippen LogP contribution in [0.4, 0.5) is 0 Å². The molecule has 0 radical (unpaired) electrons. The van der Waals surface area contributed by atoms with E-state index in [4.69, 9.17) is 9.84 Å². The van der Waals surface area contributed by atoms with Crippen molar-refractivity contribution >= 4 is 17.8 Å². The van der Waals surface area contributed by atoms with E-state index in [1.54, 1.807) is 7.11 Å². The zero-order valence-electron chi connectivity index (χ0n) is 12.5. The third-order valence-corrected chi connectivity index (χ3v) is 2.80. The molecule has 0 fully saturated rings. The maximum absolute atomic E-state index is 12.1. The Balaban J connectivity index is 2.50. The number of likely N-dealkylation sites (N-methyl/N-ethyl adjacent to an activating group) is 1. The van der Waals surface area contributed by atoms with E-state index in [1.807, 2.05) is 0 Å². The summed E-state index contributed by atoms with van der Waals surface area (Å²) in [5, 5.41) is 11.4. The van der Waals surface area contributed by atoms with Crippen molar-refractivity contribution < 1.29 is 24.2 Å². The number of carboxylic acids is 1. The molecule has 2 amide bonds. The number of pyridine rings is 1. The molecule has 0 bridgehead atoms. The number of carboxylic acid groups (broad SMARTS) is 1. The summed E-state index contributed by atoms with van der Waals surface area (Å²) in [5.41, 5.74) is 0.0785. The second-order valence-electron chi connectivity index (χ2n) is 4.59. The normalized spacial score (nSPS) is 10.1.